The summed E-state index contributed by atoms with van der Waals surface area (Å²) >= 11 is 0. The van der Waals surface area contributed by atoms with E-state index < -0.39 is 5.97 Å². The maximum atomic E-state index is 11.5. The van der Waals surface area contributed by atoms with Gasteiger partial charge in [0.05, 0.1) is 12.7 Å². The minimum Gasteiger partial charge on any atom is -0.465 e. The molecular weight excluding hydrogens is 196 g/mol. The predicted molar refractivity (Wildman–Crippen MR) is 55.7 cm³/mol. The number of aromatic nitrogens is 1. The van der Waals surface area contributed by atoms with E-state index in [0.717, 1.165) is 6.42 Å². The molecule has 5 heteroatoms. The molecular formula is C10H14N2O3. The third-order valence-electron chi connectivity index (χ3n) is 2.02. The molecule has 5 nitrogen and oxygen atoms in total. The first-order valence-electron chi connectivity index (χ1n) is 4.68. The van der Waals surface area contributed by atoms with Crippen molar-refractivity contribution in [1.82, 2.24) is 4.57 Å². The molecule has 2 N–H and O–H groups in total. The van der Waals surface area contributed by atoms with Crippen molar-refractivity contribution in [1.29, 1.82) is 0 Å². The first kappa shape index (κ1) is 11.5. The molecule has 0 unspecified atom stereocenters. The van der Waals surface area contributed by atoms with Crippen LogP contribution in [-0.2, 0) is 11.3 Å². The molecule has 0 radical (unpaired) electrons. The highest BCUT2D eigenvalue weighted by atomic mass is 16.5. The number of nitrogens with zero attached hydrogens (tertiary/aromatic N) is 1. The Balaban J connectivity index is 2.88. The monoisotopic (exact) mass is 210 g/mol. The standard InChI is InChI=1S/C10H14N2O3/c1-15-10(14)8-3-6-12(5-2-4-11)9(13)7-8/h3,6-7H,2,4-5,11H2,1H3. The second-order valence-electron chi connectivity index (χ2n) is 3.08. The summed E-state index contributed by atoms with van der Waals surface area (Å²) in [5, 5.41) is 0. The van der Waals surface area contributed by atoms with Crippen molar-refractivity contribution in [2.24, 2.45) is 5.73 Å². The summed E-state index contributed by atoms with van der Waals surface area (Å²) in [5.74, 6) is -0.502. The largest absolute Gasteiger partial charge is 0.465 e. The van der Waals surface area contributed by atoms with Crippen molar-refractivity contribution < 1.29 is 9.53 Å². The lowest BCUT2D eigenvalue weighted by Gasteiger charge is -2.04. The smallest absolute Gasteiger partial charge is 0.338 e. The number of esters is 1. The summed E-state index contributed by atoms with van der Waals surface area (Å²) in [6.07, 6.45) is 2.31. The molecule has 1 aromatic rings. The normalized spacial score (nSPS) is 10.0. The number of hydrogen-bond acceptors (Lipinski definition) is 4. The van der Waals surface area contributed by atoms with Gasteiger partial charge in [-0.25, -0.2) is 4.79 Å². The van der Waals surface area contributed by atoms with Crippen LogP contribution in [0.4, 0.5) is 0 Å². The van der Waals surface area contributed by atoms with Gasteiger partial charge in [0, 0.05) is 18.8 Å². The number of ether oxygens (including phenoxy) is 1. The Morgan fingerprint density at radius 3 is 2.87 bits per heavy atom. The summed E-state index contributed by atoms with van der Waals surface area (Å²) in [7, 11) is 1.28. The molecule has 0 saturated heterocycles. The molecule has 0 spiro atoms. The van der Waals surface area contributed by atoms with Crippen LogP contribution in [0.25, 0.3) is 0 Å². The highest BCUT2D eigenvalue weighted by molar-refractivity contribution is 5.88. The highest BCUT2D eigenvalue weighted by Crippen LogP contribution is 1.97. The number of nitrogens with two attached hydrogens (primary N) is 1. The molecule has 0 aliphatic heterocycles. The fourth-order valence-corrected chi connectivity index (χ4v) is 1.20. The van der Waals surface area contributed by atoms with Crippen LogP contribution in [0.15, 0.2) is 23.1 Å². The minimum absolute atomic E-state index is 0.216. The third kappa shape index (κ3) is 2.92. The van der Waals surface area contributed by atoms with Gasteiger partial charge in [-0.05, 0) is 19.0 Å². The van der Waals surface area contributed by atoms with Crippen molar-refractivity contribution in [2.75, 3.05) is 13.7 Å². The second-order valence-corrected chi connectivity index (χ2v) is 3.08. The third-order valence-corrected chi connectivity index (χ3v) is 2.02. The Morgan fingerprint density at radius 1 is 1.60 bits per heavy atom. The summed E-state index contributed by atoms with van der Waals surface area (Å²) in [4.78, 5) is 22.6. The van der Waals surface area contributed by atoms with Gasteiger partial charge in [-0.2, -0.15) is 0 Å². The Bertz CT molecular complexity index is 398. The molecule has 0 aliphatic rings. The zero-order valence-corrected chi connectivity index (χ0v) is 8.60. The molecule has 0 amide bonds. The van der Waals surface area contributed by atoms with Gasteiger partial charge in [0.1, 0.15) is 0 Å². The zero-order chi connectivity index (χ0) is 11.3. The van der Waals surface area contributed by atoms with Gasteiger partial charge in [-0.1, -0.05) is 0 Å². The fourth-order valence-electron chi connectivity index (χ4n) is 1.20. The molecule has 0 fully saturated rings. The lowest BCUT2D eigenvalue weighted by atomic mass is 10.2. The zero-order valence-electron chi connectivity index (χ0n) is 8.60. The summed E-state index contributed by atoms with van der Waals surface area (Å²) < 4.78 is 6.02. The summed E-state index contributed by atoms with van der Waals surface area (Å²) in [6, 6.07) is 2.83. The molecule has 0 atom stereocenters. The average Bonchev–Trinajstić information content (AvgIpc) is 2.26. The van der Waals surface area contributed by atoms with Crippen LogP contribution in [0.5, 0.6) is 0 Å². The molecule has 15 heavy (non-hydrogen) atoms. The lowest BCUT2D eigenvalue weighted by Crippen LogP contribution is -2.21. The van der Waals surface area contributed by atoms with Gasteiger partial charge in [0.15, 0.2) is 0 Å². The van der Waals surface area contributed by atoms with E-state index in [9.17, 15) is 9.59 Å². The molecule has 0 saturated carbocycles. The number of methoxy groups -OCH3 is 1. The highest BCUT2D eigenvalue weighted by Gasteiger charge is 2.06. The number of aryl methyl sites for hydroxylation is 1. The first-order valence-corrected chi connectivity index (χ1v) is 4.68. The van der Waals surface area contributed by atoms with E-state index in [1.165, 1.54) is 17.7 Å². The van der Waals surface area contributed by atoms with E-state index >= 15 is 0 Å². The van der Waals surface area contributed by atoms with E-state index in [1.807, 2.05) is 0 Å². The van der Waals surface area contributed by atoms with Crippen molar-refractivity contribution in [3.05, 3.63) is 34.2 Å². The maximum absolute atomic E-state index is 11.5. The molecule has 1 aromatic heterocycles. The lowest BCUT2D eigenvalue weighted by molar-refractivity contribution is 0.0600. The molecule has 0 aromatic carbocycles. The van der Waals surface area contributed by atoms with Crippen molar-refractivity contribution in [2.45, 2.75) is 13.0 Å². The quantitative estimate of drug-likeness (QED) is 0.709. The van der Waals surface area contributed by atoms with Crippen molar-refractivity contribution >= 4 is 5.97 Å². The van der Waals surface area contributed by atoms with Crippen LogP contribution in [0.1, 0.15) is 16.8 Å². The molecule has 0 aliphatic carbocycles. The van der Waals surface area contributed by atoms with Gasteiger partial charge in [0.25, 0.3) is 5.56 Å². The summed E-state index contributed by atoms with van der Waals surface area (Å²) in [5.41, 5.74) is 5.39. The predicted octanol–water partition coefficient (Wildman–Crippen LogP) is -0.0163. The van der Waals surface area contributed by atoms with Crippen LogP contribution in [0, 0.1) is 0 Å². The van der Waals surface area contributed by atoms with Crippen molar-refractivity contribution in [3.63, 3.8) is 0 Å². The maximum Gasteiger partial charge on any atom is 0.338 e. The molecule has 1 heterocycles. The Morgan fingerprint density at radius 2 is 2.33 bits per heavy atom. The minimum atomic E-state index is -0.502. The second kappa shape index (κ2) is 5.31. The SMILES string of the molecule is COC(=O)c1ccn(CCCN)c(=O)c1. The van der Waals surface area contributed by atoms with Gasteiger partial charge in [-0.3, -0.25) is 4.79 Å². The molecule has 1 rings (SSSR count). The Labute approximate surface area is 87.5 Å². The van der Waals surface area contributed by atoms with Gasteiger partial charge in [0.2, 0.25) is 0 Å². The van der Waals surface area contributed by atoms with Crippen LogP contribution < -0.4 is 11.3 Å². The Hall–Kier alpha value is -1.62. The average molecular weight is 210 g/mol. The number of rotatable bonds is 4. The molecule has 0 bridgehead atoms. The van der Waals surface area contributed by atoms with Crippen molar-refractivity contribution in [3.8, 4) is 0 Å². The topological polar surface area (TPSA) is 74.3 Å². The Kier molecular flexibility index (Phi) is 4.05. The number of carbonyl (C=O) groups is 1. The fraction of sp³-hybridized carbons (Fsp3) is 0.400. The molecule has 82 valence electrons. The van der Waals surface area contributed by atoms with E-state index in [1.54, 1.807) is 12.3 Å². The van der Waals surface area contributed by atoms with Crippen LogP contribution in [-0.4, -0.2) is 24.2 Å². The van der Waals surface area contributed by atoms with E-state index in [-0.39, 0.29) is 11.1 Å². The first-order chi connectivity index (χ1) is 7.19. The van der Waals surface area contributed by atoms with Crippen LogP contribution in [0.2, 0.25) is 0 Å². The van der Waals surface area contributed by atoms with Gasteiger partial charge < -0.3 is 15.0 Å². The van der Waals surface area contributed by atoms with Crippen LogP contribution in [0.3, 0.4) is 0 Å². The number of carbonyl (C=O) groups excluding carboxylic acids is 1. The number of hydrogen-bond donors (Lipinski definition) is 1. The van der Waals surface area contributed by atoms with Gasteiger partial charge >= 0.3 is 5.97 Å². The summed E-state index contributed by atoms with van der Waals surface area (Å²) in [6.45, 7) is 1.10. The van der Waals surface area contributed by atoms with Gasteiger partial charge in [-0.15, -0.1) is 0 Å². The van der Waals surface area contributed by atoms with E-state index in [4.69, 9.17) is 5.73 Å². The number of pyridine rings is 1. The van der Waals surface area contributed by atoms with Crippen LogP contribution >= 0.6 is 0 Å². The van der Waals surface area contributed by atoms with E-state index in [2.05, 4.69) is 4.74 Å². The van der Waals surface area contributed by atoms with E-state index in [0.29, 0.717) is 13.1 Å².